The molecule has 0 radical (unpaired) electrons. The van der Waals surface area contributed by atoms with Gasteiger partial charge >= 0.3 is 6.03 Å². The fourth-order valence-electron chi connectivity index (χ4n) is 3.39. The van der Waals surface area contributed by atoms with Gasteiger partial charge in [0.15, 0.2) is 0 Å². The zero-order valence-electron chi connectivity index (χ0n) is 17.9. The van der Waals surface area contributed by atoms with Crippen molar-refractivity contribution < 1.29 is 9.21 Å². The highest BCUT2D eigenvalue weighted by Gasteiger charge is 2.25. The number of thioether (sulfide) groups is 1. The third kappa shape index (κ3) is 4.82. The first-order chi connectivity index (χ1) is 15.0. The lowest BCUT2D eigenvalue weighted by atomic mass is 10.2. The molecular formula is C22H26N6O2S. The number of aromatic nitrogens is 3. The molecule has 1 N–H and O–H groups in total. The maximum absolute atomic E-state index is 12.7. The molecule has 0 bridgehead atoms. The van der Waals surface area contributed by atoms with Crippen LogP contribution in [0.4, 0.5) is 16.3 Å². The van der Waals surface area contributed by atoms with E-state index < -0.39 is 0 Å². The number of anilines is 2. The fourth-order valence-corrected chi connectivity index (χ4v) is 3.80. The van der Waals surface area contributed by atoms with Gasteiger partial charge in [0, 0.05) is 48.9 Å². The minimum atomic E-state index is -0.0868. The van der Waals surface area contributed by atoms with Crippen molar-refractivity contribution >= 4 is 29.3 Å². The van der Waals surface area contributed by atoms with Crippen LogP contribution in [-0.2, 0) is 0 Å². The number of nitrogens with one attached hydrogen (secondary N) is 1. The number of piperazine rings is 1. The second kappa shape index (κ2) is 9.38. The molecule has 1 fully saturated rings. The molecule has 1 aliphatic heterocycles. The molecule has 0 spiro atoms. The van der Waals surface area contributed by atoms with Crippen molar-refractivity contribution in [3.63, 3.8) is 0 Å². The van der Waals surface area contributed by atoms with Crippen molar-refractivity contribution in [2.45, 2.75) is 24.7 Å². The van der Waals surface area contributed by atoms with Crippen molar-refractivity contribution in [3.05, 3.63) is 48.5 Å². The summed E-state index contributed by atoms with van der Waals surface area (Å²) in [6.45, 7) is 6.59. The lowest BCUT2D eigenvalue weighted by molar-refractivity contribution is 0.208. The van der Waals surface area contributed by atoms with Crippen LogP contribution in [0.1, 0.15) is 25.7 Å². The number of nitrogens with zero attached hydrogens (tertiary/aromatic N) is 5. The van der Waals surface area contributed by atoms with Crippen LogP contribution < -0.4 is 10.2 Å². The van der Waals surface area contributed by atoms with Gasteiger partial charge in [-0.2, -0.15) is 0 Å². The van der Waals surface area contributed by atoms with E-state index in [0.29, 0.717) is 38.0 Å². The maximum Gasteiger partial charge on any atom is 0.321 e. The minimum Gasteiger partial charge on any atom is -0.420 e. The number of carbonyl (C=O) groups excluding carboxylic acids is 1. The van der Waals surface area contributed by atoms with Gasteiger partial charge in [0.1, 0.15) is 5.82 Å². The van der Waals surface area contributed by atoms with Gasteiger partial charge in [-0.3, -0.25) is 0 Å². The van der Waals surface area contributed by atoms with Crippen molar-refractivity contribution in [1.29, 1.82) is 0 Å². The van der Waals surface area contributed by atoms with Crippen molar-refractivity contribution in [2.75, 3.05) is 42.7 Å². The summed E-state index contributed by atoms with van der Waals surface area (Å²) < 4.78 is 5.84. The van der Waals surface area contributed by atoms with Crippen LogP contribution >= 0.6 is 11.8 Å². The molecule has 0 saturated carbocycles. The number of pyridine rings is 1. The van der Waals surface area contributed by atoms with Crippen LogP contribution in [0.3, 0.4) is 0 Å². The van der Waals surface area contributed by atoms with Crippen LogP contribution in [0, 0.1) is 0 Å². The molecule has 0 aliphatic carbocycles. The molecule has 162 valence electrons. The number of amides is 2. The molecule has 0 atom stereocenters. The summed E-state index contributed by atoms with van der Waals surface area (Å²) in [7, 11) is 0. The molecule has 1 aliphatic rings. The monoisotopic (exact) mass is 438 g/mol. The summed E-state index contributed by atoms with van der Waals surface area (Å²) in [6.07, 6.45) is 3.79. The van der Waals surface area contributed by atoms with Gasteiger partial charge in [0.05, 0.1) is 5.56 Å². The quantitative estimate of drug-likeness (QED) is 0.593. The summed E-state index contributed by atoms with van der Waals surface area (Å²) in [5, 5.41) is 11.3. The Hall–Kier alpha value is -3.07. The normalized spacial score (nSPS) is 14.2. The van der Waals surface area contributed by atoms with Crippen LogP contribution in [-0.4, -0.2) is 58.5 Å². The third-order valence-electron chi connectivity index (χ3n) is 5.16. The molecule has 2 aromatic heterocycles. The Labute approximate surface area is 186 Å². The Morgan fingerprint density at radius 2 is 1.84 bits per heavy atom. The fraction of sp³-hybridized carbons (Fsp3) is 0.364. The van der Waals surface area contributed by atoms with Crippen molar-refractivity contribution in [2.24, 2.45) is 0 Å². The van der Waals surface area contributed by atoms with E-state index in [1.807, 2.05) is 61.4 Å². The Bertz CT molecular complexity index is 1030. The van der Waals surface area contributed by atoms with Crippen LogP contribution in [0.2, 0.25) is 0 Å². The van der Waals surface area contributed by atoms with Gasteiger partial charge in [-0.15, -0.1) is 22.0 Å². The topological polar surface area (TPSA) is 87.4 Å². The molecule has 1 saturated heterocycles. The molecule has 1 aromatic carbocycles. The average molecular weight is 439 g/mol. The SMILES string of the molecule is CSc1ccc(NC(=O)N2CCN(c3ncccc3-c3nnc(C(C)C)o3)CC2)cc1. The van der Waals surface area contributed by atoms with Crippen LogP contribution in [0.5, 0.6) is 0 Å². The molecule has 31 heavy (non-hydrogen) atoms. The van der Waals surface area contributed by atoms with E-state index in [4.69, 9.17) is 4.42 Å². The van der Waals surface area contributed by atoms with Gasteiger partial charge < -0.3 is 19.5 Å². The first-order valence-corrected chi connectivity index (χ1v) is 11.5. The molecule has 0 unspecified atom stereocenters. The highest BCUT2D eigenvalue weighted by molar-refractivity contribution is 7.98. The Balaban J connectivity index is 1.41. The van der Waals surface area contributed by atoms with Crippen molar-refractivity contribution in [3.8, 4) is 11.5 Å². The Morgan fingerprint density at radius 3 is 2.48 bits per heavy atom. The highest BCUT2D eigenvalue weighted by atomic mass is 32.2. The van der Waals surface area contributed by atoms with E-state index in [2.05, 4.69) is 25.4 Å². The van der Waals surface area contributed by atoms with Gasteiger partial charge in [0.25, 0.3) is 5.89 Å². The van der Waals surface area contributed by atoms with E-state index in [1.165, 1.54) is 4.90 Å². The van der Waals surface area contributed by atoms with E-state index in [-0.39, 0.29) is 11.9 Å². The molecular weight excluding hydrogens is 412 g/mol. The van der Waals surface area contributed by atoms with Gasteiger partial charge in [-0.1, -0.05) is 13.8 Å². The highest BCUT2D eigenvalue weighted by Crippen LogP contribution is 2.29. The standard InChI is InChI=1S/C22H26N6O2S/c1-15(2)20-25-26-21(30-20)18-5-4-10-23-19(18)27-11-13-28(14-12-27)22(29)24-16-6-8-17(31-3)9-7-16/h4-10,15H,11-14H2,1-3H3,(H,24,29). The summed E-state index contributed by atoms with van der Waals surface area (Å²) in [5.74, 6) is 2.05. The van der Waals surface area contributed by atoms with E-state index >= 15 is 0 Å². The maximum atomic E-state index is 12.7. The zero-order chi connectivity index (χ0) is 21.8. The zero-order valence-corrected chi connectivity index (χ0v) is 18.7. The number of benzene rings is 1. The second-order valence-electron chi connectivity index (χ2n) is 7.61. The molecule has 4 rings (SSSR count). The number of carbonyl (C=O) groups is 1. The summed E-state index contributed by atoms with van der Waals surface area (Å²) in [4.78, 5) is 22.4. The van der Waals surface area contributed by atoms with Gasteiger partial charge in [0.2, 0.25) is 5.89 Å². The number of hydrogen-bond acceptors (Lipinski definition) is 7. The molecule has 9 heteroatoms. The first-order valence-electron chi connectivity index (χ1n) is 10.3. The number of hydrogen-bond donors (Lipinski definition) is 1. The lowest BCUT2D eigenvalue weighted by Crippen LogP contribution is -2.50. The van der Waals surface area contributed by atoms with Gasteiger partial charge in [-0.05, 0) is 42.7 Å². The van der Waals surface area contributed by atoms with Crippen molar-refractivity contribution in [1.82, 2.24) is 20.1 Å². The van der Waals surface area contributed by atoms with Gasteiger partial charge in [-0.25, -0.2) is 9.78 Å². The molecule has 3 aromatic rings. The number of urea groups is 1. The Kier molecular flexibility index (Phi) is 6.41. The van der Waals surface area contributed by atoms with Crippen LogP contribution in [0.15, 0.2) is 51.9 Å². The summed E-state index contributed by atoms with van der Waals surface area (Å²) in [6, 6.07) is 11.6. The van der Waals surface area contributed by atoms with Crippen LogP contribution in [0.25, 0.3) is 11.5 Å². The molecule has 3 heterocycles. The minimum absolute atomic E-state index is 0.0868. The largest absolute Gasteiger partial charge is 0.420 e. The molecule has 2 amide bonds. The lowest BCUT2D eigenvalue weighted by Gasteiger charge is -2.35. The average Bonchev–Trinajstić information content (AvgIpc) is 3.30. The first kappa shape index (κ1) is 21.2. The van der Waals surface area contributed by atoms with E-state index in [9.17, 15) is 4.79 Å². The molecule has 8 nitrogen and oxygen atoms in total. The second-order valence-corrected chi connectivity index (χ2v) is 8.49. The van der Waals surface area contributed by atoms with E-state index in [0.717, 1.165) is 17.1 Å². The number of rotatable bonds is 5. The predicted molar refractivity (Wildman–Crippen MR) is 123 cm³/mol. The Morgan fingerprint density at radius 1 is 1.10 bits per heavy atom. The third-order valence-corrected chi connectivity index (χ3v) is 5.90. The summed E-state index contributed by atoms with van der Waals surface area (Å²) in [5.41, 5.74) is 1.61. The summed E-state index contributed by atoms with van der Waals surface area (Å²) >= 11 is 1.68. The smallest absolute Gasteiger partial charge is 0.321 e. The predicted octanol–water partition coefficient (Wildman–Crippen LogP) is 4.33. The van der Waals surface area contributed by atoms with E-state index in [1.54, 1.807) is 18.0 Å².